The molecule has 1 atom stereocenters. The molecule has 0 N–H and O–H groups in total. The molecule has 2 heterocycles. The third-order valence-electron chi connectivity index (χ3n) is 6.33. The molecule has 28 heavy (non-hydrogen) atoms. The minimum absolute atomic E-state index is 0.0969. The van der Waals surface area contributed by atoms with Gasteiger partial charge in [0, 0.05) is 38.6 Å². The number of esters is 1. The Morgan fingerprint density at radius 1 is 0.821 bits per heavy atom. The molecule has 0 spiro atoms. The van der Waals surface area contributed by atoms with Gasteiger partial charge in [0.15, 0.2) is 0 Å². The molecule has 7 heteroatoms. The lowest BCUT2D eigenvalue weighted by Gasteiger charge is -2.33. The summed E-state index contributed by atoms with van der Waals surface area (Å²) in [5.74, 6) is 0.211. The Kier molecular flexibility index (Phi) is 7.71. The summed E-state index contributed by atoms with van der Waals surface area (Å²) in [4.78, 5) is 43.8. The summed E-state index contributed by atoms with van der Waals surface area (Å²) in [6.07, 6.45) is 7.97. The van der Waals surface area contributed by atoms with Gasteiger partial charge in [-0.05, 0) is 39.0 Å². The Hall–Kier alpha value is -1.63. The average Bonchev–Trinajstić information content (AvgIpc) is 3.08. The van der Waals surface area contributed by atoms with E-state index in [1.54, 1.807) is 0 Å². The van der Waals surface area contributed by atoms with Crippen LogP contribution in [0.3, 0.4) is 0 Å². The van der Waals surface area contributed by atoms with Crippen molar-refractivity contribution in [3.05, 3.63) is 0 Å². The van der Waals surface area contributed by atoms with E-state index in [2.05, 4.69) is 4.90 Å². The largest absolute Gasteiger partial charge is 0.465 e. The van der Waals surface area contributed by atoms with Gasteiger partial charge in [0.25, 0.3) is 0 Å². The van der Waals surface area contributed by atoms with Gasteiger partial charge in [-0.15, -0.1) is 0 Å². The van der Waals surface area contributed by atoms with Crippen LogP contribution in [0.25, 0.3) is 0 Å². The molecule has 2 saturated heterocycles. The van der Waals surface area contributed by atoms with Crippen LogP contribution in [0, 0.1) is 5.92 Å². The number of rotatable bonds is 5. The molecule has 3 aliphatic rings. The molecule has 0 aromatic carbocycles. The predicted molar refractivity (Wildman–Crippen MR) is 106 cm³/mol. The summed E-state index contributed by atoms with van der Waals surface area (Å²) >= 11 is 0. The van der Waals surface area contributed by atoms with E-state index in [1.807, 2.05) is 16.7 Å². The van der Waals surface area contributed by atoms with Crippen molar-refractivity contribution in [2.45, 2.75) is 64.3 Å². The fourth-order valence-corrected chi connectivity index (χ4v) is 4.82. The molecule has 0 aromatic rings. The van der Waals surface area contributed by atoms with Crippen LogP contribution in [-0.2, 0) is 19.1 Å². The van der Waals surface area contributed by atoms with Gasteiger partial charge in [0.1, 0.15) is 6.04 Å². The fraction of sp³-hybridized carbons (Fsp3) is 0.857. The van der Waals surface area contributed by atoms with Gasteiger partial charge < -0.3 is 14.5 Å². The van der Waals surface area contributed by atoms with E-state index in [0.29, 0.717) is 32.8 Å². The molecule has 2 aliphatic heterocycles. The lowest BCUT2D eigenvalue weighted by Crippen LogP contribution is -2.50. The number of hydrogen-bond acceptors (Lipinski definition) is 5. The van der Waals surface area contributed by atoms with Crippen LogP contribution in [0.5, 0.6) is 0 Å². The first-order valence-electron chi connectivity index (χ1n) is 11.1. The SMILES string of the molecule is CCOC(=O)CN1CCCN(C(=O)C2CCCN2C(=O)C2CCCCC2)CC1. The maximum Gasteiger partial charge on any atom is 0.320 e. The Morgan fingerprint density at radius 3 is 2.36 bits per heavy atom. The van der Waals surface area contributed by atoms with Crippen molar-refractivity contribution in [3.8, 4) is 0 Å². The van der Waals surface area contributed by atoms with Crippen LogP contribution in [0.2, 0.25) is 0 Å². The van der Waals surface area contributed by atoms with Crippen LogP contribution in [-0.4, -0.2) is 84.4 Å². The van der Waals surface area contributed by atoms with Crippen molar-refractivity contribution in [2.24, 2.45) is 5.92 Å². The summed E-state index contributed by atoms with van der Waals surface area (Å²) < 4.78 is 5.03. The molecular formula is C21H35N3O4. The van der Waals surface area contributed by atoms with Gasteiger partial charge in [-0.2, -0.15) is 0 Å². The molecule has 3 rings (SSSR count). The molecule has 0 aromatic heterocycles. The zero-order valence-corrected chi connectivity index (χ0v) is 17.2. The molecule has 0 bridgehead atoms. The highest BCUT2D eigenvalue weighted by Crippen LogP contribution is 2.29. The minimum Gasteiger partial charge on any atom is -0.465 e. The Bertz CT molecular complexity index is 562. The summed E-state index contributed by atoms with van der Waals surface area (Å²) in [5.41, 5.74) is 0. The Labute approximate surface area is 168 Å². The highest BCUT2D eigenvalue weighted by atomic mass is 16.5. The van der Waals surface area contributed by atoms with Gasteiger partial charge in [0.2, 0.25) is 11.8 Å². The number of amides is 2. The van der Waals surface area contributed by atoms with Crippen LogP contribution in [0.4, 0.5) is 0 Å². The normalized spacial score (nSPS) is 24.8. The van der Waals surface area contributed by atoms with Crippen molar-refractivity contribution in [3.63, 3.8) is 0 Å². The number of carbonyl (C=O) groups excluding carboxylic acids is 3. The number of nitrogens with zero attached hydrogens (tertiary/aromatic N) is 3. The molecule has 0 radical (unpaired) electrons. The second kappa shape index (κ2) is 10.2. The Morgan fingerprint density at radius 2 is 1.61 bits per heavy atom. The summed E-state index contributed by atoms with van der Waals surface area (Å²) in [5, 5.41) is 0. The molecule has 3 fully saturated rings. The first-order chi connectivity index (χ1) is 13.6. The van der Waals surface area contributed by atoms with E-state index < -0.39 is 0 Å². The highest BCUT2D eigenvalue weighted by molar-refractivity contribution is 5.89. The molecule has 1 aliphatic carbocycles. The summed E-state index contributed by atoms with van der Waals surface area (Å²) in [6.45, 7) is 5.97. The fourth-order valence-electron chi connectivity index (χ4n) is 4.82. The zero-order valence-electron chi connectivity index (χ0n) is 17.2. The number of hydrogen-bond donors (Lipinski definition) is 0. The molecule has 1 saturated carbocycles. The van der Waals surface area contributed by atoms with E-state index in [0.717, 1.165) is 51.5 Å². The molecule has 158 valence electrons. The predicted octanol–water partition coefficient (Wildman–Crippen LogP) is 1.66. The number of likely N-dealkylation sites (tertiary alicyclic amines) is 1. The highest BCUT2D eigenvalue weighted by Gasteiger charge is 2.39. The van der Waals surface area contributed by atoms with E-state index in [-0.39, 0.29) is 36.3 Å². The standard InChI is InChI=1S/C21H35N3O4/c1-2-28-19(25)16-22-11-7-12-23(15-14-22)21(27)18-10-6-13-24(18)20(26)17-8-4-3-5-9-17/h17-18H,2-16H2,1H3. The van der Waals surface area contributed by atoms with Crippen molar-refractivity contribution in [1.82, 2.24) is 14.7 Å². The molecule has 2 amide bonds. The second-order valence-electron chi connectivity index (χ2n) is 8.28. The second-order valence-corrected chi connectivity index (χ2v) is 8.28. The van der Waals surface area contributed by atoms with Gasteiger partial charge in [0.05, 0.1) is 13.2 Å². The third-order valence-corrected chi connectivity index (χ3v) is 6.33. The molecule has 1 unspecified atom stereocenters. The van der Waals surface area contributed by atoms with Crippen molar-refractivity contribution < 1.29 is 19.1 Å². The quantitative estimate of drug-likeness (QED) is 0.665. The van der Waals surface area contributed by atoms with Gasteiger partial charge in [-0.3, -0.25) is 19.3 Å². The zero-order chi connectivity index (χ0) is 19.9. The van der Waals surface area contributed by atoms with E-state index in [4.69, 9.17) is 4.74 Å². The monoisotopic (exact) mass is 393 g/mol. The van der Waals surface area contributed by atoms with Crippen LogP contribution in [0.1, 0.15) is 58.3 Å². The minimum atomic E-state index is -0.286. The van der Waals surface area contributed by atoms with Gasteiger partial charge in [-0.25, -0.2) is 0 Å². The van der Waals surface area contributed by atoms with Gasteiger partial charge in [-0.1, -0.05) is 19.3 Å². The maximum absolute atomic E-state index is 13.2. The first kappa shape index (κ1) is 21.1. The topological polar surface area (TPSA) is 70.2 Å². The van der Waals surface area contributed by atoms with Crippen LogP contribution >= 0.6 is 0 Å². The first-order valence-corrected chi connectivity index (χ1v) is 11.1. The van der Waals surface area contributed by atoms with Crippen molar-refractivity contribution in [1.29, 1.82) is 0 Å². The third kappa shape index (κ3) is 5.25. The maximum atomic E-state index is 13.2. The average molecular weight is 394 g/mol. The Balaban J connectivity index is 1.55. The number of carbonyl (C=O) groups is 3. The molecular weight excluding hydrogens is 358 g/mol. The van der Waals surface area contributed by atoms with E-state index in [9.17, 15) is 14.4 Å². The lowest BCUT2D eigenvalue weighted by molar-refractivity contribution is -0.146. The van der Waals surface area contributed by atoms with Crippen molar-refractivity contribution in [2.75, 3.05) is 45.9 Å². The number of ether oxygens (including phenoxy) is 1. The lowest BCUT2D eigenvalue weighted by atomic mass is 9.88. The van der Waals surface area contributed by atoms with Crippen molar-refractivity contribution >= 4 is 17.8 Å². The van der Waals surface area contributed by atoms with Crippen LogP contribution < -0.4 is 0 Å². The summed E-state index contributed by atoms with van der Waals surface area (Å²) in [7, 11) is 0. The van der Waals surface area contributed by atoms with Gasteiger partial charge >= 0.3 is 5.97 Å². The summed E-state index contributed by atoms with van der Waals surface area (Å²) in [6, 6.07) is -0.286. The smallest absolute Gasteiger partial charge is 0.320 e. The van der Waals surface area contributed by atoms with E-state index >= 15 is 0 Å². The van der Waals surface area contributed by atoms with Crippen LogP contribution in [0.15, 0.2) is 0 Å². The van der Waals surface area contributed by atoms with E-state index in [1.165, 1.54) is 6.42 Å². The molecule has 7 nitrogen and oxygen atoms in total.